The van der Waals surface area contributed by atoms with E-state index in [9.17, 15) is 5.11 Å². The van der Waals surface area contributed by atoms with Crippen LogP contribution in [0.2, 0.25) is 0 Å². The fourth-order valence-corrected chi connectivity index (χ4v) is 4.89. The largest absolute Gasteiger partial charge is 0.389 e. The second-order valence-corrected chi connectivity index (χ2v) is 8.21. The van der Waals surface area contributed by atoms with E-state index in [0.29, 0.717) is 6.42 Å². The summed E-state index contributed by atoms with van der Waals surface area (Å²) in [6.07, 6.45) is 1.41. The van der Waals surface area contributed by atoms with Gasteiger partial charge in [0.2, 0.25) is 0 Å². The first-order valence-electron chi connectivity index (χ1n) is 10.2. The Hall–Kier alpha value is -2.42. The maximum atomic E-state index is 11.9. The van der Waals surface area contributed by atoms with Crippen LogP contribution in [-0.4, -0.2) is 22.7 Å². The van der Waals surface area contributed by atoms with Gasteiger partial charge in [0.1, 0.15) is 0 Å². The lowest BCUT2D eigenvalue weighted by molar-refractivity contribution is -0.113. The molecule has 4 atom stereocenters. The smallest absolute Gasteiger partial charge is 0.0749 e. The van der Waals surface area contributed by atoms with Gasteiger partial charge in [-0.1, -0.05) is 97.9 Å². The third kappa shape index (κ3) is 3.63. The SMILES string of the molecule is C[C@@H]1[C@@H](c2ccccc2)N(C)[C@@H](c2ccccc2)C[C@@]1(O)Cc1ccccc1. The van der Waals surface area contributed by atoms with E-state index in [-0.39, 0.29) is 18.0 Å². The van der Waals surface area contributed by atoms with Gasteiger partial charge < -0.3 is 5.11 Å². The summed E-state index contributed by atoms with van der Waals surface area (Å²) in [5, 5.41) is 11.9. The van der Waals surface area contributed by atoms with Gasteiger partial charge in [-0.15, -0.1) is 0 Å². The van der Waals surface area contributed by atoms with Gasteiger partial charge in [0, 0.05) is 24.4 Å². The number of piperidine rings is 1. The third-order valence-electron chi connectivity index (χ3n) is 6.48. The van der Waals surface area contributed by atoms with Crippen LogP contribution in [-0.2, 0) is 6.42 Å². The molecule has 3 aromatic carbocycles. The third-order valence-corrected chi connectivity index (χ3v) is 6.48. The van der Waals surface area contributed by atoms with Gasteiger partial charge in [-0.25, -0.2) is 0 Å². The summed E-state index contributed by atoms with van der Waals surface area (Å²) >= 11 is 0. The Bertz CT molecular complexity index is 880. The number of likely N-dealkylation sites (tertiary alicyclic amines) is 1. The van der Waals surface area contributed by atoms with E-state index in [1.807, 2.05) is 6.07 Å². The van der Waals surface area contributed by atoms with Crippen LogP contribution in [0.1, 0.15) is 42.1 Å². The summed E-state index contributed by atoms with van der Waals surface area (Å²) in [5.74, 6) is 0.111. The Balaban J connectivity index is 1.75. The lowest BCUT2D eigenvalue weighted by Gasteiger charge is -2.52. The minimum atomic E-state index is -0.769. The molecule has 1 aliphatic heterocycles. The van der Waals surface area contributed by atoms with E-state index < -0.39 is 5.60 Å². The zero-order chi connectivity index (χ0) is 19.6. The summed E-state index contributed by atoms with van der Waals surface area (Å²) in [6.45, 7) is 2.21. The average Bonchev–Trinajstić information content (AvgIpc) is 2.73. The second kappa shape index (κ2) is 7.90. The van der Waals surface area contributed by atoms with Crippen LogP contribution in [0.15, 0.2) is 91.0 Å². The van der Waals surface area contributed by atoms with Crippen molar-refractivity contribution in [1.82, 2.24) is 4.90 Å². The first kappa shape index (κ1) is 18.9. The summed E-state index contributed by atoms with van der Waals surface area (Å²) in [7, 11) is 2.20. The Morgan fingerprint density at radius 1 is 0.821 bits per heavy atom. The highest BCUT2D eigenvalue weighted by Crippen LogP contribution is 2.49. The predicted molar refractivity (Wildman–Crippen MR) is 115 cm³/mol. The van der Waals surface area contributed by atoms with Crippen LogP contribution >= 0.6 is 0 Å². The molecule has 1 saturated heterocycles. The Kier molecular flexibility index (Phi) is 5.34. The molecule has 0 unspecified atom stereocenters. The van der Waals surface area contributed by atoms with Crippen LogP contribution in [0.25, 0.3) is 0 Å². The highest BCUT2D eigenvalue weighted by Gasteiger charge is 2.48. The molecule has 144 valence electrons. The van der Waals surface area contributed by atoms with Crippen LogP contribution < -0.4 is 0 Å². The second-order valence-electron chi connectivity index (χ2n) is 8.21. The van der Waals surface area contributed by atoms with E-state index >= 15 is 0 Å². The Morgan fingerprint density at radius 2 is 1.32 bits per heavy atom. The number of rotatable bonds is 4. The van der Waals surface area contributed by atoms with E-state index in [1.165, 1.54) is 16.7 Å². The molecule has 0 radical (unpaired) electrons. The fourth-order valence-electron chi connectivity index (χ4n) is 4.89. The normalized spacial score (nSPS) is 28.2. The Morgan fingerprint density at radius 3 is 1.89 bits per heavy atom. The molecule has 4 rings (SSSR count). The molecule has 1 heterocycles. The van der Waals surface area contributed by atoms with Crippen molar-refractivity contribution >= 4 is 0 Å². The van der Waals surface area contributed by atoms with Crippen LogP contribution in [0.5, 0.6) is 0 Å². The van der Waals surface area contributed by atoms with Gasteiger partial charge in [0.25, 0.3) is 0 Å². The van der Waals surface area contributed by atoms with Gasteiger partial charge in [0.05, 0.1) is 5.60 Å². The van der Waals surface area contributed by atoms with Gasteiger partial charge in [-0.05, 0) is 30.2 Å². The zero-order valence-electron chi connectivity index (χ0n) is 16.7. The molecule has 0 spiro atoms. The minimum absolute atomic E-state index is 0.111. The molecule has 1 aliphatic rings. The lowest BCUT2D eigenvalue weighted by atomic mass is 9.68. The van der Waals surface area contributed by atoms with Crippen molar-refractivity contribution < 1.29 is 5.11 Å². The summed E-state index contributed by atoms with van der Waals surface area (Å²) in [5.41, 5.74) is 2.96. The van der Waals surface area contributed by atoms with Crippen molar-refractivity contribution in [3.63, 3.8) is 0 Å². The molecule has 1 fully saturated rings. The summed E-state index contributed by atoms with van der Waals surface area (Å²) in [6, 6.07) is 32.0. The topological polar surface area (TPSA) is 23.5 Å². The van der Waals surface area contributed by atoms with Gasteiger partial charge in [-0.3, -0.25) is 4.90 Å². The first-order chi connectivity index (χ1) is 13.6. The molecule has 2 heteroatoms. The van der Waals surface area contributed by atoms with E-state index in [2.05, 4.69) is 104 Å². The van der Waals surface area contributed by atoms with E-state index in [0.717, 1.165) is 6.42 Å². The highest BCUT2D eigenvalue weighted by molar-refractivity contribution is 5.28. The van der Waals surface area contributed by atoms with Crippen molar-refractivity contribution in [3.8, 4) is 0 Å². The summed E-state index contributed by atoms with van der Waals surface area (Å²) in [4.78, 5) is 2.45. The molecule has 1 N–H and O–H groups in total. The molecule has 28 heavy (non-hydrogen) atoms. The standard InChI is InChI=1S/C26H29NO/c1-20-25(23-16-10-5-11-17-23)27(2)24(22-14-8-4-9-15-22)19-26(20,28)18-21-12-6-3-7-13-21/h3-17,20,24-25,28H,18-19H2,1-2H3/t20-,24-,25+,26+/m1/s1. The average molecular weight is 372 g/mol. The number of nitrogens with zero attached hydrogens (tertiary/aromatic N) is 1. The van der Waals surface area contributed by atoms with Crippen LogP contribution in [0, 0.1) is 5.92 Å². The number of hydrogen-bond acceptors (Lipinski definition) is 2. The first-order valence-corrected chi connectivity index (χ1v) is 10.2. The molecule has 0 aliphatic carbocycles. The van der Waals surface area contributed by atoms with Gasteiger partial charge in [0.15, 0.2) is 0 Å². The number of benzene rings is 3. The maximum Gasteiger partial charge on any atom is 0.0749 e. The Labute approximate surface area is 168 Å². The molecular weight excluding hydrogens is 342 g/mol. The van der Waals surface area contributed by atoms with E-state index in [4.69, 9.17) is 0 Å². The quantitative estimate of drug-likeness (QED) is 0.662. The van der Waals surface area contributed by atoms with Gasteiger partial charge >= 0.3 is 0 Å². The molecule has 0 amide bonds. The van der Waals surface area contributed by atoms with E-state index in [1.54, 1.807) is 0 Å². The molecule has 0 bridgehead atoms. The molecule has 2 nitrogen and oxygen atoms in total. The lowest BCUT2D eigenvalue weighted by Crippen LogP contribution is -2.53. The maximum absolute atomic E-state index is 11.9. The molecule has 0 saturated carbocycles. The van der Waals surface area contributed by atoms with Crippen LogP contribution in [0.4, 0.5) is 0 Å². The molecule has 0 aromatic heterocycles. The minimum Gasteiger partial charge on any atom is -0.389 e. The van der Waals surface area contributed by atoms with Crippen molar-refractivity contribution in [1.29, 1.82) is 0 Å². The zero-order valence-corrected chi connectivity index (χ0v) is 16.7. The summed E-state index contributed by atoms with van der Waals surface area (Å²) < 4.78 is 0. The number of aliphatic hydroxyl groups is 1. The molecular formula is C26H29NO. The monoisotopic (exact) mass is 371 g/mol. The van der Waals surface area contributed by atoms with Crippen molar-refractivity contribution in [2.24, 2.45) is 5.92 Å². The van der Waals surface area contributed by atoms with Crippen molar-refractivity contribution in [3.05, 3.63) is 108 Å². The highest BCUT2D eigenvalue weighted by atomic mass is 16.3. The molecule has 3 aromatic rings. The van der Waals surface area contributed by atoms with Crippen molar-refractivity contribution in [2.45, 2.75) is 37.5 Å². The van der Waals surface area contributed by atoms with Crippen molar-refractivity contribution in [2.75, 3.05) is 7.05 Å². The fraction of sp³-hybridized carbons (Fsp3) is 0.308. The van der Waals surface area contributed by atoms with Gasteiger partial charge in [-0.2, -0.15) is 0 Å². The predicted octanol–water partition coefficient (Wildman–Crippen LogP) is 5.41. The van der Waals surface area contributed by atoms with Crippen LogP contribution in [0.3, 0.4) is 0 Å². The number of hydrogen-bond donors (Lipinski definition) is 1.